The van der Waals surface area contributed by atoms with Crippen LogP contribution in [0.25, 0.3) is 5.69 Å². The average Bonchev–Trinajstić information content (AvgIpc) is 2.38. The van der Waals surface area contributed by atoms with Gasteiger partial charge in [-0.25, -0.2) is 4.39 Å². The van der Waals surface area contributed by atoms with Crippen molar-refractivity contribution in [1.82, 2.24) is 4.57 Å². The predicted octanol–water partition coefficient (Wildman–Crippen LogP) is 2.90. The highest BCUT2D eigenvalue weighted by Gasteiger charge is 2.31. The third kappa shape index (κ3) is 2.91. The first-order valence-corrected chi connectivity index (χ1v) is 5.44. The van der Waals surface area contributed by atoms with Gasteiger partial charge in [0.25, 0.3) is 11.2 Å². The van der Waals surface area contributed by atoms with Gasteiger partial charge in [-0.05, 0) is 12.1 Å². The topological polar surface area (TPSA) is 65.1 Å². The van der Waals surface area contributed by atoms with Crippen molar-refractivity contribution in [1.29, 1.82) is 0 Å². The minimum absolute atomic E-state index is 0.320. The highest BCUT2D eigenvalue weighted by molar-refractivity contribution is 5.42. The number of rotatable bonds is 2. The van der Waals surface area contributed by atoms with E-state index in [1.165, 1.54) is 0 Å². The van der Waals surface area contributed by atoms with Crippen molar-refractivity contribution in [3.05, 3.63) is 68.4 Å². The maximum Gasteiger partial charge on any atom is 0.416 e. The Labute approximate surface area is 114 Å². The molecule has 0 radical (unpaired) electrons. The van der Waals surface area contributed by atoms with E-state index in [0.717, 1.165) is 18.3 Å². The number of non-ortho nitro benzene ring substituents is 1. The van der Waals surface area contributed by atoms with Crippen LogP contribution in [0.3, 0.4) is 0 Å². The Morgan fingerprint density at radius 3 is 2.29 bits per heavy atom. The molecule has 0 saturated carbocycles. The number of alkyl halides is 3. The Balaban J connectivity index is 2.53. The second-order valence-electron chi connectivity index (χ2n) is 4.01. The van der Waals surface area contributed by atoms with Gasteiger partial charge in [0.15, 0.2) is 5.82 Å². The second kappa shape index (κ2) is 5.00. The first-order valence-electron chi connectivity index (χ1n) is 5.44. The molecular formula is C12H6F4N2O3. The molecule has 0 aliphatic carbocycles. The molecule has 110 valence electrons. The fraction of sp³-hybridized carbons (Fsp3) is 0.0833. The molecule has 1 heterocycles. The summed E-state index contributed by atoms with van der Waals surface area (Å²) in [5.74, 6) is -1.09. The summed E-state index contributed by atoms with van der Waals surface area (Å²) < 4.78 is 51.6. The van der Waals surface area contributed by atoms with Crippen molar-refractivity contribution in [2.24, 2.45) is 0 Å². The third-order valence-electron chi connectivity index (χ3n) is 2.65. The van der Waals surface area contributed by atoms with Gasteiger partial charge >= 0.3 is 6.18 Å². The molecule has 0 unspecified atom stereocenters. The van der Waals surface area contributed by atoms with Crippen LogP contribution in [-0.4, -0.2) is 9.49 Å². The number of hydrogen-bond donors (Lipinski definition) is 0. The van der Waals surface area contributed by atoms with Gasteiger partial charge in [-0.15, -0.1) is 0 Å². The lowest BCUT2D eigenvalue weighted by Gasteiger charge is -2.10. The van der Waals surface area contributed by atoms with E-state index in [-0.39, 0.29) is 5.69 Å². The first kappa shape index (κ1) is 14.7. The van der Waals surface area contributed by atoms with Crippen LogP contribution < -0.4 is 5.56 Å². The standard InChI is InChI=1S/C12H6F4N2O3/c13-9-6-8(18(20)21)1-2-10(9)17-4-3-7(5-11(17)19)12(14,15)16/h1-6H. The zero-order valence-electron chi connectivity index (χ0n) is 10.1. The van der Waals surface area contributed by atoms with Gasteiger partial charge in [-0.2, -0.15) is 13.2 Å². The van der Waals surface area contributed by atoms with Gasteiger partial charge < -0.3 is 0 Å². The number of pyridine rings is 1. The highest BCUT2D eigenvalue weighted by Crippen LogP contribution is 2.28. The third-order valence-corrected chi connectivity index (χ3v) is 2.65. The molecule has 1 aromatic carbocycles. The number of benzene rings is 1. The van der Waals surface area contributed by atoms with E-state index in [4.69, 9.17) is 0 Å². The summed E-state index contributed by atoms with van der Waals surface area (Å²) in [6.07, 6.45) is -3.93. The van der Waals surface area contributed by atoms with E-state index in [2.05, 4.69) is 0 Å². The van der Waals surface area contributed by atoms with E-state index in [0.29, 0.717) is 22.8 Å². The lowest BCUT2D eigenvalue weighted by molar-refractivity contribution is -0.385. The summed E-state index contributed by atoms with van der Waals surface area (Å²) in [5.41, 5.74) is -3.17. The van der Waals surface area contributed by atoms with Crippen molar-refractivity contribution in [3.63, 3.8) is 0 Å². The lowest BCUT2D eigenvalue weighted by Crippen LogP contribution is -2.20. The van der Waals surface area contributed by atoms with E-state index < -0.39 is 33.7 Å². The Morgan fingerprint density at radius 2 is 1.81 bits per heavy atom. The Bertz CT molecular complexity index is 768. The molecule has 1 aromatic heterocycles. The smallest absolute Gasteiger partial charge is 0.281 e. The maximum atomic E-state index is 13.7. The van der Waals surface area contributed by atoms with Gasteiger partial charge in [-0.3, -0.25) is 19.5 Å². The fourth-order valence-corrected chi connectivity index (χ4v) is 1.66. The Morgan fingerprint density at radius 1 is 1.14 bits per heavy atom. The molecule has 0 fully saturated rings. The number of hydrogen-bond acceptors (Lipinski definition) is 3. The van der Waals surface area contributed by atoms with Crippen LogP contribution in [0.4, 0.5) is 23.2 Å². The molecule has 0 saturated heterocycles. The average molecular weight is 302 g/mol. The maximum absolute atomic E-state index is 13.7. The summed E-state index contributed by atoms with van der Waals surface area (Å²) in [7, 11) is 0. The van der Waals surface area contributed by atoms with Crippen molar-refractivity contribution in [2.45, 2.75) is 6.18 Å². The van der Waals surface area contributed by atoms with Crippen molar-refractivity contribution < 1.29 is 22.5 Å². The SMILES string of the molecule is O=c1cc(C(F)(F)F)ccn1-c1ccc([N+](=O)[O-])cc1F. The first-order chi connectivity index (χ1) is 9.70. The molecule has 0 aliphatic heterocycles. The molecule has 2 rings (SSSR count). The Hall–Kier alpha value is -2.71. The van der Waals surface area contributed by atoms with Gasteiger partial charge in [-0.1, -0.05) is 0 Å². The summed E-state index contributed by atoms with van der Waals surface area (Å²) in [5, 5.41) is 10.5. The number of nitrogens with zero attached hydrogens (tertiary/aromatic N) is 2. The van der Waals surface area contributed by atoms with E-state index >= 15 is 0 Å². The van der Waals surface area contributed by atoms with Crippen molar-refractivity contribution in [2.75, 3.05) is 0 Å². The molecule has 0 aliphatic rings. The predicted molar refractivity (Wildman–Crippen MR) is 63.7 cm³/mol. The number of halogens is 4. The van der Waals surface area contributed by atoms with Crippen molar-refractivity contribution >= 4 is 5.69 Å². The van der Waals surface area contributed by atoms with Gasteiger partial charge in [0.1, 0.15) is 0 Å². The second-order valence-corrected chi connectivity index (χ2v) is 4.01. The van der Waals surface area contributed by atoms with E-state index in [1.54, 1.807) is 0 Å². The molecule has 0 amide bonds. The van der Waals surface area contributed by atoms with Crippen molar-refractivity contribution in [3.8, 4) is 5.69 Å². The van der Waals surface area contributed by atoms with Crippen LogP contribution in [0.1, 0.15) is 5.56 Å². The molecule has 21 heavy (non-hydrogen) atoms. The molecular weight excluding hydrogens is 296 g/mol. The summed E-state index contributed by atoms with van der Waals surface area (Å²) in [4.78, 5) is 21.3. The molecule has 0 spiro atoms. The highest BCUT2D eigenvalue weighted by atomic mass is 19.4. The van der Waals surface area contributed by atoms with Gasteiger partial charge in [0.05, 0.1) is 22.2 Å². The summed E-state index contributed by atoms with van der Waals surface area (Å²) in [6, 6.07) is 3.41. The zero-order chi connectivity index (χ0) is 15.8. The van der Waals surface area contributed by atoms with Crippen LogP contribution >= 0.6 is 0 Å². The molecule has 0 atom stereocenters. The van der Waals surface area contributed by atoms with Gasteiger partial charge in [0, 0.05) is 18.3 Å². The fourth-order valence-electron chi connectivity index (χ4n) is 1.66. The lowest BCUT2D eigenvalue weighted by atomic mass is 10.2. The molecule has 5 nitrogen and oxygen atoms in total. The van der Waals surface area contributed by atoms with E-state index in [9.17, 15) is 32.5 Å². The largest absolute Gasteiger partial charge is 0.416 e. The van der Waals surface area contributed by atoms with Crippen LogP contribution in [0, 0.1) is 15.9 Å². The molecule has 0 N–H and O–H groups in total. The summed E-state index contributed by atoms with van der Waals surface area (Å²) >= 11 is 0. The number of nitro groups is 1. The molecule has 0 bridgehead atoms. The van der Waals surface area contributed by atoms with Crippen LogP contribution in [0.2, 0.25) is 0 Å². The number of nitro benzene ring substituents is 1. The van der Waals surface area contributed by atoms with Crippen LogP contribution in [-0.2, 0) is 6.18 Å². The zero-order valence-corrected chi connectivity index (χ0v) is 10.1. The normalized spacial score (nSPS) is 11.4. The van der Waals surface area contributed by atoms with Crippen LogP contribution in [0.15, 0.2) is 41.3 Å². The van der Waals surface area contributed by atoms with Crippen LogP contribution in [0.5, 0.6) is 0 Å². The number of aromatic nitrogens is 1. The van der Waals surface area contributed by atoms with Gasteiger partial charge in [0.2, 0.25) is 0 Å². The quantitative estimate of drug-likeness (QED) is 0.487. The minimum atomic E-state index is -4.69. The minimum Gasteiger partial charge on any atom is -0.281 e. The molecule has 2 aromatic rings. The Kier molecular flexibility index (Phi) is 3.50. The summed E-state index contributed by atoms with van der Waals surface area (Å²) in [6.45, 7) is 0. The van der Waals surface area contributed by atoms with E-state index in [1.807, 2.05) is 0 Å². The monoisotopic (exact) mass is 302 g/mol. The molecule has 9 heteroatoms.